The van der Waals surface area contributed by atoms with Crippen molar-refractivity contribution in [1.82, 2.24) is 0 Å². The van der Waals surface area contributed by atoms with Crippen molar-refractivity contribution < 1.29 is 4.74 Å². The van der Waals surface area contributed by atoms with E-state index in [1.165, 1.54) is 10.4 Å². The molecule has 0 aliphatic carbocycles. The number of benzene rings is 2. The van der Waals surface area contributed by atoms with Gasteiger partial charge in [0, 0.05) is 28.2 Å². The molecular formula is C18H17NOS. The van der Waals surface area contributed by atoms with Gasteiger partial charge in [-0.3, -0.25) is 0 Å². The summed E-state index contributed by atoms with van der Waals surface area (Å²) in [7, 11) is 1.71. The molecule has 3 rings (SSSR count). The predicted molar refractivity (Wildman–Crippen MR) is 90.1 cm³/mol. The molecule has 3 aromatic rings. The molecule has 2 aromatic carbocycles. The van der Waals surface area contributed by atoms with E-state index in [-0.39, 0.29) is 0 Å². The molecule has 0 saturated carbocycles. The molecule has 0 bridgehead atoms. The number of thiophene rings is 1. The summed E-state index contributed by atoms with van der Waals surface area (Å²) in [5.41, 5.74) is 3.54. The van der Waals surface area contributed by atoms with Crippen molar-refractivity contribution in [3.63, 3.8) is 0 Å². The van der Waals surface area contributed by atoms with Crippen LogP contribution in [0.5, 0.6) is 5.75 Å². The summed E-state index contributed by atoms with van der Waals surface area (Å²) in [6.07, 6.45) is 0. The van der Waals surface area contributed by atoms with Crippen molar-refractivity contribution in [3.05, 3.63) is 71.6 Å². The fraction of sp³-hybridized carbons (Fsp3) is 0.111. The quantitative estimate of drug-likeness (QED) is 0.712. The predicted octanol–water partition coefficient (Wildman–Crippen LogP) is 5.04. The van der Waals surface area contributed by atoms with Crippen LogP contribution in [0.1, 0.15) is 5.56 Å². The number of hydrogen-bond donors (Lipinski definition) is 1. The third kappa shape index (κ3) is 3.09. The van der Waals surface area contributed by atoms with Crippen molar-refractivity contribution in [2.75, 3.05) is 12.4 Å². The van der Waals surface area contributed by atoms with Crippen LogP contribution in [-0.2, 0) is 6.54 Å². The summed E-state index contributed by atoms with van der Waals surface area (Å²) in [5, 5.41) is 5.62. The number of methoxy groups -OCH3 is 1. The van der Waals surface area contributed by atoms with Crippen LogP contribution in [0.3, 0.4) is 0 Å². The molecule has 21 heavy (non-hydrogen) atoms. The topological polar surface area (TPSA) is 21.3 Å². The van der Waals surface area contributed by atoms with Gasteiger partial charge in [0.1, 0.15) is 5.75 Å². The maximum absolute atomic E-state index is 5.40. The van der Waals surface area contributed by atoms with Gasteiger partial charge in [-0.05, 0) is 23.6 Å². The molecule has 0 atom stereocenters. The molecule has 1 aromatic heterocycles. The second-order valence-electron chi connectivity index (χ2n) is 4.69. The zero-order chi connectivity index (χ0) is 14.5. The van der Waals surface area contributed by atoms with Crippen LogP contribution in [0, 0.1) is 0 Å². The molecule has 3 heteroatoms. The van der Waals surface area contributed by atoms with Crippen LogP contribution in [0.15, 0.2) is 66.0 Å². The summed E-state index contributed by atoms with van der Waals surface area (Å²) < 4.78 is 5.40. The molecule has 0 amide bonds. The Labute approximate surface area is 129 Å². The van der Waals surface area contributed by atoms with E-state index in [1.807, 2.05) is 18.2 Å². The van der Waals surface area contributed by atoms with E-state index in [4.69, 9.17) is 4.74 Å². The summed E-state index contributed by atoms with van der Waals surface area (Å²) in [5.74, 6) is 0.915. The molecule has 1 N–H and O–H groups in total. The number of ether oxygens (including phenoxy) is 1. The van der Waals surface area contributed by atoms with Crippen molar-refractivity contribution in [2.45, 2.75) is 6.54 Å². The fourth-order valence-corrected chi connectivity index (χ4v) is 3.09. The van der Waals surface area contributed by atoms with Crippen LogP contribution >= 0.6 is 11.3 Å². The van der Waals surface area contributed by atoms with Crippen molar-refractivity contribution in [3.8, 4) is 16.2 Å². The first-order chi connectivity index (χ1) is 10.4. The molecule has 0 saturated heterocycles. The van der Waals surface area contributed by atoms with Crippen LogP contribution in [0.2, 0.25) is 0 Å². The third-order valence-corrected chi connectivity index (χ3v) is 4.28. The second-order valence-corrected chi connectivity index (χ2v) is 5.64. The van der Waals surface area contributed by atoms with Gasteiger partial charge in [0.2, 0.25) is 0 Å². The van der Waals surface area contributed by atoms with Crippen LogP contribution in [0.25, 0.3) is 10.4 Å². The lowest BCUT2D eigenvalue weighted by Gasteiger charge is -2.13. The highest BCUT2D eigenvalue weighted by atomic mass is 32.1. The summed E-state index contributed by atoms with van der Waals surface area (Å²) >= 11 is 1.75. The van der Waals surface area contributed by atoms with Crippen molar-refractivity contribution in [1.29, 1.82) is 0 Å². The molecule has 0 aliphatic rings. The maximum Gasteiger partial charge on any atom is 0.123 e. The summed E-state index contributed by atoms with van der Waals surface area (Å²) in [6.45, 7) is 0.742. The van der Waals surface area contributed by atoms with Gasteiger partial charge in [-0.25, -0.2) is 0 Å². The Morgan fingerprint density at radius 2 is 1.76 bits per heavy atom. The third-order valence-electron chi connectivity index (χ3n) is 3.38. The standard InChI is InChI=1S/C18H17NOS/c1-20-17-10-5-2-7-14(17)13-19-16-9-4-3-8-15(16)18-11-6-12-21-18/h2-12,19H,13H2,1H3. The van der Waals surface area contributed by atoms with Gasteiger partial charge in [0.05, 0.1) is 7.11 Å². The molecule has 0 fully saturated rings. The van der Waals surface area contributed by atoms with E-state index >= 15 is 0 Å². The minimum absolute atomic E-state index is 0.742. The van der Waals surface area contributed by atoms with Crippen molar-refractivity contribution >= 4 is 17.0 Å². The average Bonchev–Trinajstić information content (AvgIpc) is 3.08. The molecule has 0 radical (unpaired) electrons. The first-order valence-corrected chi connectivity index (χ1v) is 7.75. The largest absolute Gasteiger partial charge is 0.496 e. The average molecular weight is 295 g/mol. The summed E-state index contributed by atoms with van der Waals surface area (Å²) in [6, 6.07) is 20.7. The molecular weight excluding hydrogens is 278 g/mol. The zero-order valence-electron chi connectivity index (χ0n) is 11.9. The van der Waals surface area contributed by atoms with E-state index in [0.29, 0.717) is 0 Å². The second kappa shape index (κ2) is 6.46. The molecule has 2 nitrogen and oxygen atoms in total. The highest BCUT2D eigenvalue weighted by Gasteiger charge is 2.06. The lowest BCUT2D eigenvalue weighted by atomic mass is 10.1. The van der Waals surface area contributed by atoms with E-state index in [2.05, 4.69) is 53.2 Å². The van der Waals surface area contributed by atoms with Gasteiger partial charge in [0.15, 0.2) is 0 Å². The van der Waals surface area contributed by atoms with Crippen LogP contribution in [0.4, 0.5) is 5.69 Å². The zero-order valence-corrected chi connectivity index (χ0v) is 12.7. The van der Waals surface area contributed by atoms with Gasteiger partial charge >= 0.3 is 0 Å². The Morgan fingerprint density at radius 3 is 2.57 bits per heavy atom. The van der Waals surface area contributed by atoms with Gasteiger partial charge < -0.3 is 10.1 Å². The number of rotatable bonds is 5. The number of hydrogen-bond acceptors (Lipinski definition) is 3. The van der Waals surface area contributed by atoms with Crippen LogP contribution in [-0.4, -0.2) is 7.11 Å². The molecule has 0 spiro atoms. The van der Waals surface area contributed by atoms with E-state index in [0.717, 1.165) is 23.5 Å². The molecule has 106 valence electrons. The SMILES string of the molecule is COc1ccccc1CNc1ccccc1-c1cccs1. The van der Waals surface area contributed by atoms with Gasteiger partial charge in [0.25, 0.3) is 0 Å². The highest BCUT2D eigenvalue weighted by Crippen LogP contribution is 2.32. The molecule has 1 heterocycles. The lowest BCUT2D eigenvalue weighted by Crippen LogP contribution is -2.02. The van der Waals surface area contributed by atoms with Crippen molar-refractivity contribution in [2.24, 2.45) is 0 Å². The Balaban J connectivity index is 1.83. The normalized spacial score (nSPS) is 10.3. The van der Waals surface area contributed by atoms with E-state index < -0.39 is 0 Å². The van der Waals surface area contributed by atoms with Gasteiger partial charge in [-0.1, -0.05) is 42.5 Å². The number of nitrogens with one attached hydrogen (secondary N) is 1. The first kappa shape index (κ1) is 13.7. The van der Waals surface area contributed by atoms with Gasteiger partial charge in [-0.2, -0.15) is 0 Å². The summed E-state index contributed by atoms with van der Waals surface area (Å²) in [4.78, 5) is 1.28. The Hall–Kier alpha value is -2.26. The van der Waals surface area contributed by atoms with Crippen LogP contribution < -0.4 is 10.1 Å². The highest BCUT2D eigenvalue weighted by molar-refractivity contribution is 7.13. The molecule has 0 aliphatic heterocycles. The first-order valence-electron chi connectivity index (χ1n) is 6.87. The monoisotopic (exact) mass is 295 g/mol. The Bertz CT molecular complexity index is 707. The maximum atomic E-state index is 5.40. The fourth-order valence-electron chi connectivity index (χ4n) is 2.32. The van der Waals surface area contributed by atoms with E-state index in [1.54, 1.807) is 18.4 Å². The Morgan fingerprint density at radius 1 is 0.952 bits per heavy atom. The molecule has 0 unspecified atom stereocenters. The lowest BCUT2D eigenvalue weighted by molar-refractivity contribution is 0.410. The minimum Gasteiger partial charge on any atom is -0.496 e. The number of anilines is 1. The van der Waals surface area contributed by atoms with E-state index in [9.17, 15) is 0 Å². The Kier molecular flexibility index (Phi) is 4.22. The van der Waals surface area contributed by atoms with Gasteiger partial charge in [-0.15, -0.1) is 11.3 Å². The number of para-hydroxylation sites is 2. The smallest absolute Gasteiger partial charge is 0.123 e. The minimum atomic E-state index is 0.742.